The van der Waals surface area contributed by atoms with E-state index in [2.05, 4.69) is 45.9 Å². The fourth-order valence-corrected chi connectivity index (χ4v) is 2.94. The Balaban J connectivity index is 1.74. The highest BCUT2D eigenvalue weighted by Crippen LogP contribution is 2.27. The smallest absolute Gasteiger partial charge is 0.276 e. The first-order valence-corrected chi connectivity index (χ1v) is 10.5. The molecule has 0 spiro atoms. The Hall–Kier alpha value is -2.36. The summed E-state index contributed by atoms with van der Waals surface area (Å²) in [5.74, 6) is 0.530. The Bertz CT molecular complexity index is 909. The third-order valence-corrected chi connectivity index (χ3v) is 4.49. The molecule has 0 radical (unpaired) electrons. The first kappa shape index (κ1) is 23.9. The molecule has 2 aromatic carbocycles. The van der Waals surface area contributed by atoms with Crippen LogP contribution in [0.4, 0.5) is 0 Å². The quantitative estimate of drug-likeness (QED) is 0.384. The number of benzene rings is 2. The van der Waals surface area contributed by atoms with Crippen LogP contribution in [0.5, 0.6) is 11.5 Å². The van der Waals surface area contributed by atoms with Crippen molar-refractivity contribution in [2.75, 3.05) is 13.2 Å². The van der Waals surface area contributed by atoms with Crippen molar-refractivity contribution >= 4 is 56.7 Å². The molecule has 0 saturated carbocycles. The summed E-state index contributed by atoms with van der Waals surface area (Å²) in [6.07, 6.45) is 0. The van der Waals surface area contributed by atoms with Crippen molar-refractivity contribution in [1.82, 2.24) is 16.2 Å². The molecule has 30 heavy (non-hydrogen) atoms. The number of halogens is 2. The van der Waals surface area contributed by atoms with Gasteiger partial charge in [0.1, 0.15) is 11.5 Å². The molecule has 0 unspecified atom stereocenters. The highest BCUT2D eigenvalue weighted by Gasteiger charge is 2.10. The van der Waals surface area contributed by atoms with Gasteiger partial charge in [0.2, 0.25) is 0 Å². The van der Waals surface area contributed by atoms with Crippen molar-refractivity contribution in [3.8, 4) is 11.5 Å². The minimum Gasteiger partial charge on any atom is -0.493 e. The fourth-order valence-electron chi connectivity index (χ4n) is 2.07. The van der Waals surface area contributed by atoms with Crippen LogP contribution >= 0.6 is 39.7 Å². The van der Waals surface area contributed by atoms with Crippen LogP contribution in [-0.4, -0.2) is 30.1 Å². The third kappa shape index (κ3) is 8.17. The molecule has 0 atom stereocenters. The number of thiocarbonyl (C=S) groups is 1. The minimum atomic E-state index is -0.503. The first-order valence-electron chi connectivity index (χ1n) is 8.95. The van der Waals surface area contributed by atoms with Gasteiger partial charge in [-0.05, 0) is 60.6 Å². The SMILES string of the molecule is CC(C)COc1ccc(C(=O)NC(=S)NNC(=O)COc2ccc(Br)cc2Cl)cc1. The summed E-state index contributed by atoms with van der Waals surface area (Å²) in [6.45, 7) is 4.41. The summed E-state index contributed by atoms with van der Waals surface area (Å²) in [7, 11) is 0. The summed E-state index contributed by atoms with van der Waals surface area (Å²) in [5, 5.41) is 2.78. The molecule has 160 valence electrons. The van der Waals surface area contributed by atoms with Crippen LogP contribution in [0.3, 0.4) is 0 Å². The van der Waals surface area contributed by atoms with E-state index in [1.165, 1.54) is 0 Å². The van der Waals surface area contributed by atoms with Gasteiger partial charge in [0.15, 0.2) is 11.7 Å². The molecule has 0 aliphatic rings. The van der Waals surface area contributed by atoms with E-state index in [4.69, 9.17) is 33.3 Å². The predicted molar refractivity (Wildman–Crippen MR) is 123 cm³/mol. The Labute approximate surface area is 193 Å². The zero-order valence-electron chi connectivity index (χ0n) is 16.3. The summed E-state index contributed by atoms with van der Waals surface area (Å²) >= 11 is 14.3. The van der Waals surface area contributed by atoms with Crippen LogP contribution in [-0.2, 0) is 4.79 Å². The molecular weight excluding hydrogens is 494 g/mol. The van der Waals surface area contributed by atoms with Crippen LogP contribution in [0, 0.1) is 5.92 Å². The van der Waals surface area contributed by atoms with E-state index < -0.39 is 11.8 Å². The molecule has 2 amide bonds. The van der Waals surface area contributed by atoms with Gasteiger partial charge in [-0.3, -0.25) is 25.8 Å². The lowest BCUT2D eigenvalue weighted by atomic mass is 10.2. The molecule has 0 aromatic heterocycles. The Kier molecular flexibility index (Phi) is 9.35. The lowest BCUT2D eigenvalue weighted by Gasteiger charge is -2.12. The minimum absolute atomic E-state index is 0.0600. The van der Waals surface area contributed by atoms with Crippen molar-refractivity contribution < 1.29 is 19.1 Å². The van der Waals surface area contributed by atoms with Gasteiger partial charge >= 0.3 is 0 Å². The fraction of sp³-hybridized carbons (Fsp3) is 0.250. The molecule has 7 nitrogen and oxygen atoms in total. The van der Waals surface area contributed by atoms with Crippen LogP contribution in [0.25, 0.3) is 0 Å². The highest BCUT2D eigenvalue weighted by atomic mass is 79.9. The summed E-state index contributed by atoms with van der Waals surface area (Å²) in [6, 6.07) is 11.7. The van der Waals surface area contributed by atoms with Crippen LogP contribution in [0.2, 0.25) is 5.02 Å². The number of rotatable bonds is 7. The largest absolute Gasteiger partial charge is 0.493 e. The molecule has 0 fully saturated rings. The molecule has 0 heterocycles. The Morgan fingerprint density at radius 1 is 1.10 bits per heavy atom. The second-order valence-electron chi connectivity index (χ2n) is 6.55. The van der Waals surface area contributed by atoms with E-state index in [0.717, 1.165) is 4.47 Å². The van der Waals surface area contributed by atoms with Crippen molar-refractivity contribution in [1.29, 1.82) is 0 Å². The van der Waals surface area contributed by atoms with E-state index in [1.54, 1.807) is 42.5 Å². The molecular formula is C20H21BrClN3O4S. The second kappa shape index (κ2) is 11.7. The van der Waals surface area contributed by atoms with Gasteiger partial charge in [0, 0.05) is 10.0 Å². The average molecular weight is 515 g/mol. The molecule has 2 rings (SSSR count). The number of carbonyl (C=O) groups is 2. The number of hydrogen-bond acceptors (Lipinski definition) is 5. The predicted octanol–water partition coefficient (Wildman–Crippen LogP) is 3.85. The number of hydrazine groups is 1. The van der Waals surface area contributed by atoms with Gasteiger partial charge in [-0.15, -0.1) is 0 Å². The number of amides is 2. The maximum Gasteiger partial charge on any atom is 0.276 e. The zero-order chi connectivity index (χ0) is 22.1. The first-order chi connectivity index (χ1) is 14.2. The van der Waals surface area contributed by atoms with Gasteiger partial charge in [-0.25, -0.2) is 0 Å². The van der Waals surface area contributed by atoms with E-state index in [-0.39, 0.29) is 11.7 Å². The molecule has 0 saturated heterocycles. The van der Waals surface area contributed by atoms with Gasteiger partial charge < -0.3 is 9.47 Å². The normalized spacial score (nSPS) is 10.3. The van der Waals surface area contributed by atoms with Crippen LogP contribution in [0.15, 0.2) is 46.9 Å². The number of ether oxygens (including phenoxy) is 2. The lowest BCUT2D eigenvalue weighted by Crippen LogP contribution is -2.49. The summed E-state index contributed by atoms with van der Waals surface area (Å²) < 4.78 is 11.7. The third-order valence-electron chi connectivity index (χ3n) is 3.50. The van der Waals surface area contributed by atoms with E-state index in [1.807, 2.05) is 0 Å². The van der Waals surface area contributed by atoms with Crippen molar-refractivity contribution in [3.63, 3.8) is 0 Å². The molecule has 0 aliphatic carbocycles. The zero-order valence-corrected chi connectivity index (χ0v) is 19.5. The van der Waals surface area contributed by atoms with Crippen molar-refractivity contribution in [2.24, 2.45) is 5.92 Å². The molecule has 10 heteroatoms. The molecule has 0 aliphatic heterocycles. The van der Waals surface area contributed by atoms with E-state index >= 15 is 0 Å². The number of hydrogen-bond donors (Lipinski definition) is 3. The standard InChI is InChI=1S/C20H21BrClN3O4S/c1-12(2)10-28-15-6-3-13(4-7-15)19(27)23-20(30)25-24-18(26)11-29-17-8-5-14(21)9-16(17)22/h3-9,12H,10-11H2,1-2H3,(H,24,26)(H2,23,25,27,30). The molecule has 3 N–H and O–H groups in total. The summed E-state index contributed by atoms with van der Waals surface area (Å²) in [4.78, 5) is 24.1. The van der Waals surface area contributed by atoms with Gasteiger partial charge in [-0.1, -0.05) is 41.4 Å². The second-order valence-corrected chi connectivity index (χ2v) is 8.28. The highest BCUT2D eigenvalue weighted by molar-refractivity contribution is 9.10. The Morgan fingerprint density at radius 3 is 2.43 bits per heavy atom. The maximum absolute atomic E-state index is 12.2. The number of nitrogens with one attached hydrogen (secondary N) is 3. The van der Waals surface area contributed by atoms with E-state index in [0.29, 0.717) is 34.6 Å². The van der Waals surface area contributed by atoms with Gasteiger partial charge in [0.05, 0.1) is 11.6 Å². The monoisotopic (exact) mass is 513 g/mol. The molecule has 0 bridgehead atoms. The van der Waals surface area contributed by atoms with Crippen LogP contribution < -0.4 is 25.6 Å². The van der Waals surface area contributed by atoms with Gasteiger partial charge in [-0.2, -0.15) is 0 Å². The van der Waals surface area contributed by atoms with Gasteiger partial charge in [0.25, 0.3) is 11.8 Å². The van der Waals surface area contributed by atoms with Crippen molar-refractivity contribution in [2.45, 2.75) is 13.8 Å². The summed E-state index contributed by atoms with van der Waals surface area (Å²) in [5.41, 5.74) is 5.18. The maximum atomic E-state index is 12.2. The lowest BCUT2D eigenvalue weighted by molar-refractivity contribution is -0.123. The van der Waals surface area contributed by atoms with E-state index in [9.17, 15) is 9.59 Å². The Morgan fingerprint density at radius 2 is 1.80 bits per heavy atom. The average Bonchev–Trinajstić information content (AvgIpc) is 2.70. The molecule has 2 aromatic rings. The topological polar surface area (TPSA) is 88.7 Å². The van der Waals surface area contributed by atoms with Crippen LogP contribution in [0.1, 0.15) is 24.2 Å². The number of carbonyl (C=O) groups excluding carboxylic acids is 2. The van der Waals surface area contributed by atoms with Crippen molar-refractivity contribution in [3.05, 3.63) is 57.5 Å².